The zero-order chi connectivity index (χ0) is 14.6. The van der Waals surface area contributed by atoms with Gasteiger partial charge in [-0.25, -0.2) is 9.67 Å². The summed E-state index contributed by atoms with van der Waals surface area (Å²) in [6.45, 7) is 2.41. The number of rotatable bonds is 5. The Morgan fingerprint density at radius 2 is 2.30 bits per heavy atom. The molecule has 5 nitrogen and oxygen atoms in total. The third kappa shape index (κ3) is 3.92. The average molecular weight is 292 g/mol. The Kier molecular flexibility index (Phi) is 4.98. The van der Waals surface area contributed by atoms with Crippen molar-refractivity contribution in [3.63, 3.8) is 0 Å². The van der Waals surface area contributed by atoms with Crippen molar-refractivity contribution < 1.29 is 17.9 Å². The van der Waals surface area contributed by atoms with Crippen molar-refractivity contribution in [3.8, 4) is 0 Å². The SMILES string of the molecule is CCC1CC(NCC(n2cncn2)C(F)(F)F)CCO1. The van der Waals surface area contributed by atoms with Crippen LogP contribution in [-0.4, -0.2) is 46.2 Å². The molecule has 0 bridgehead atoms. The quantitative estimate of drug-likeness (QED) is 0.901. The minimum atomic E-state index is -4.35. The van der Waals surface area contributed by atoms with Gasteiger partial charge in [0, 0.05) is 19.2 Å². The molecule has 0 amide bonds. The van der Waals surface area contributed by atoms with Crippen LogP contribution in [0, 0.1) is 0 Å². The zero-order valence-corrected chi connectivity index (χ0v) is 11.3. The Hall–Kier alpha value is -1.15. The lowest BCUT2D eigenvalue weighted by Crippen LogP contribution is -2.44. The molecule has 1 aliphatic rings. The lowest BCUT2D eigenvalue weighted by Gasteiger charge is -2.31. The van der Waals surface area contributed by atoms with Gasteiger partial charge >= 0.3 is 6.18 Å². The highest BCUT2D eigenvalue weighted by Gasteiger charge is 2.42. The van der Waals surface area contributed by atoms with Gasteiger partial charge in [0.15, 0.2) is 6.04 Å². The molecule has 114 valence electrons. The maximum absolute atomic E-state index is 13.0. The van der Waals surface area contributed by atoms with Gasteiger partial charge in [0.25, 0.3) is 0 Å². The summed E-state index contributed by atoms with van der Waals surface area (Å²) < 4.78 is 45.4. The van der Waals surface area contributed by atoms with E-state index < -0.39 is 12.2 Å². The summed E-state index contributed by atoms with van der Waals surface area (Å²) in [5.74, 6) is 0. The lowest BCUT2D eigenvalue weighted by atomic mass is 10.0. The van der Waals surface area contributed by atoms with Crippen LogP contribution in [0.5, 0.6) is 0 Å². The van der Waals surface area contributed by atoms with Crippen molar-refractivity contribution in [2.75, 3.05) is 13.2 Å². The predicted octanol–water partition coefficient (Wildman–Crippen LogP) is 1.93. The van der Waals surface area contributed by atoms with Gasteiger partial charge in [0.1, 0.15) is 12.7 Å². The molecule has 3 unspecified atom stereocenters. The third-order valence-electron chi connectivity index (χ3n) is 3.56. The van der Waals surface area contributed by atoms with Gasteiger partial charge < -0.3 is 10.1 Å². The van der Waals surface area contributed by atoms with Crippen LogP contribution in [0.1, 0.15) is 32.2 Å². The van der Waals surface area contributed by atoms with E-state index in [0.29, 0.717) is 6.61 Å². The summed E-state index contributed by atoms with van der Waals surface area (Å²) in [5, 5.41) is 6.59. The second kappa shape index (κ2) is 6.53. The Bertz CT molecular complexity index is 396. The normalized spacial score (nSPS) is 25.6. The van der Waals surface area contributed by atoms with Gasteiger partial charge in [-0.3, -0.25) is 0 Å². The summed E-state index contributed by atoms with van der Waals surface area (Å²) >= 11 is 0. The Balaban J connectivity index is 1.92. The summed E-state index contributed by atoms with van der Waals surface area (Å²) in [6, 6.07) is -1.63. The fourth-order valence-corrected chi connectivity index (χ4v) is 2.37. The smallest absolute Gasteiger partial charge is 0.378 e. The Morgan fingerprint density at radius 3 is 2.90 bits per heavy atom. The first-order chi connectivity index (χ1) is 9.50. The Labute approximate surface area is 115 Å². The van der Waals surface area contributed by atoms with Crippen molar-refractivity contribution in [2.24, 2.45) is 0 Å². The molecular formula is C12H19F3N4O. The molecule has 2 heterocycles. The van der Waals surface area contributed by atoms with Crippen molar-refractivity contribution >= 4 is 0 Å². The highest BCUT2D eigenvalue weighted by Crippen LogP contribution is 2.29. The van der Waals surface area contributed by atoms with Gasteiger partial charge in [0.2, 0.25) is 0 Å². The van der Waals surface area contributed by atoms with Crippen LogP contribution in [0.4, 0.5) is 13.2 Å². The second-order valence-corrected chi connectivity index (χ2v) is 4.96. The fourth-order valence-electron chi connectivity index (χ4n) is 2.37. The molecule has 2 rings (SSSR count). The molecule has 1 fully saturated rings. The minimum absolute atomic E-state index is 0.0575. The highest BCUT2D eigenvalue weighted by atomic mass is 19.4. The maximum Gasteiger partial charge on any atom is 0.412 e. The number of hydrogen-bond donors (Lipinski definition) is 1. The number of nitrogens with one attached hydrogen (secondary N) is 1. The van der Waals surface area contributed by atoms with Crippen LogP contribution in [0.25, 0.3) is 0 Å². The molecule has 1 aromatic heterocycles. The molecule has 1 aliphatic heterocycles. The maximum atomic E-state index is 13.0. The monoisotopic (exact) mass is 292 g/mol. The summed E-state index contributed by atoms with van der Waals surface area (Å²) in [4.78, 5) is 3.58. The van der Waals surface area contributed by atoms with Crippen molar-refractivity contribution in [1.29, 1.82) is 0 Å². The molecule has 8 heteroatoms. The van der Waals surface area contributed by atoms with Crippen LogP contribution in [0.15, 0.2) is 12.7 Å². The first-order valence-electron chi connectivity index (χ1n) is 6.76. The summed E-state index contributed by atoms with van der Waals surface area (Å²) in [6.07, 6.45) is 0.354. The topological polar surface area (TPSA) is 52.0 Å². The first-order valence-corrected chi connectivity index (χ1v) is 6.76. The van der Waals surface area contributed by atoms with Crippen molar-refractivity contribution in [1.82, 2.24) is 20.1 Å². The average Bonchev–Trinajstić information content (AvgIpc) is 2.91. The minimum Gasteiger partial charge on any atom is -0.378 e. The molecule has 3 atom stereocenters. The first kappa shape index (κ1) is 15.2. The van der Waals surface area contributed by atoms with Crippen LogP contribution in [0.3, 0.4) is 0 Å². The van der Waals surface area contributed by atoms with E-state index in [1.807, 2.05) is 6.92 Å². The van der Waals surface area contributed by atoms with Gasteiger partial charge in [-0.05, 0) is 19.3 Å². The predicted molar refractivity (Wildman–Crippen MR) is 66.2 cm³/mol. The molecule has 1 aromatic rings. The fraction of sp³-hybridized carbons (Fsp3) is 0.833. The van der Waals surface area contributed by atoms with E-state index in [-0.39, 0.29) is 18.7 Å². The molecular weight excluding hydrogens is 273 g/mol. The van der Waals surface area contributed by atoms with E-state index in [4.69, 9.17) is 4.74 Å². The molecule has 0 radical (unpaired) electrons. The summed E-state index contributed by atoms with van der Waals surface area (Å²) in [7, 11) is 0. The standard InChI is InChI=1S/C12H19F3N4O/c1-2-10-5-9(3-4-20-10)17-6-11(12(13,14)15)19-8-16-7-18-19/h7-11,17H,2-6H2,1H3. The Morgan fingerprint density at radius 1 is 1.50 bits per heavy atom. The van der Waals surface area contributed by atoms with E-state index in [2.05, 4.69) is 15.4 Å². The number of alkyl halides is 3. The molecule has 0 saturated carbocycles. The van der Waals surface area contributed by atoms with E-state index in [9.17, 15) is 13.2 Å². The number of aromatic nitrogens is 3. The molecule has 20 heavy (non-hydrogen) atoms. The van der Waals surface area contributed by atoms with E-state index in [1.54, 1.807) is 0 Å². The molecule has 0 aromatic carbocycles. The van der Waals surface area contributed by atoms with Gasteiger partial charge in [-0.15, -0.1) is 0 Å². The number of ether oxygens (including phenoxy) is 1. The van der Waals surface area contributed by atoms with Crippen LogP contribution >= 0.6 is 0 Å². The van der Waals surface area contributed by atoms with E-state index >= 15 is 0 Å². The highest BCUT2D eigenvalue weighted by molar-refractivity contribution is 4.82. The number of hydrogen-bond acceptors (Lipinski definition) is 4. The van der Waals surface area contributed by atoms with Crippen LogP contribution in [-0.2, 0) is 4.74 Å². The van der Waals surface area contributed by atoms with Crippen LogP contribution < -0.4 is 5.32 Å². The third-order valence-corrected chi connectivity index (χ3v) is 3.56. The zero-order valence-electron chi connectivity index (χ0n) is 11.3. The molecule has 1 saturated heterocycles. The summed E-state index contributed by atoms with van der Waals surface area (Å²) in [5.41, 5.74) is 0. The molecule has 0 aliphatic carbocycles. The molecule has 1 N–H and O–H groups in total. The lowest BCUT2D eigenvalue weighted by molar-refractivity contribution is -0.169. The van der Waals surface area contributed by atoms with Gasteiger partial charge in [-0.1, -0.05) is 6.92 Å². The number of nitrogens with zero attached hydrogens (tertiary/aromatic N) is 3. The van der Waals surface area contributed by atoms with E-state index in [1.165, 1.54) is 0 Å². The number of halogens is 3. The van der Waals surface area contributed by atoms with Gasteiger partial charge in [0.05, 0.1) is 6.10 Å². The molecule has 0 spiro atoms. The van der Waals surface area contributed by atoms with Crippen molar-refractivity contribution in [2.45, 2.75) is 50.6 Å². The van der Waals surface area contributed by atoms with E-state index in [0.717, 1.165) is 36.6 Å². The van der Waals surface area contributed by atoms with Crippen LogP contribution in [0.2, 0.25) is 0 Å². The van der Waals surface area contributed by atoms with Crippen molar-refractivity contribution in [3.05, 3.63) is 12.7 Å². The van der Waals surface area contributed by atoms with Gasteiger partial charge in [-0.2, -0.15) is 18.3 Å². The second-order valence-electron chi connectivity index (χ2n) is 4.96. The largest absolute Gasteiger partial charge is 0.412 e.